The molecule has 1 aliphatic heterocycles. The van der Waals surface area contributed by atoms with E-state index in [-0.39, 0.29) is 0 Å². The standard InChI is InChI=1S/C9H10BrClN2O/c10-7-4-8(12-13-9(7)11)6-2-1-3-14-5-6/h4,6H,1-3,5H2. The lowest BCUT2D eigenvalue weighted by molar-refractivity contribution is 0.0790. The van der Waals surface area contributed by atoms with Crippen LogP contribution in [0.1, 0.15) is 24.5 Å². The van der Waals surface area contributed by atoms with Gasteiger partial charge in [-0.15, -0.1) is 5.10 Å². The summed E-state index contributed by atoms with van der Waals surface area (Å²) in [7, 11) is 0. The van der Waals surface area contributed by atoms with Gasteiger partial charge < -0.3 is 4.74 Å². The summed E-state index contributed by atoms with van der Waals surface area (Å²) in [6.45, 7) is 1.60. The molecule has 1 aromatic heterocycles. The van der Waals surface area contributed by atoms with Gasteiger partial charge in [-0.25, -0.2) is 0 Å². The van der Waals surface area contributed by atoms with Crippen molar-refractivity contribution in [1.29, 1.82) is 0 Å². The summed E-state index contributed by atoms with van der Waals surface area (Å²) in [6.07, 6.45) is 2.20. The number of ether oxygens (including phenoxy) is 1. The highest BCUT2D eigenvalue weighted by Gasteiger charge is 2.18. The van der Waals surface area contributed by atoms with Crippen molar-refractivity contribution in [2.75, 3.05) is 13.2 Å². The first-order valence-corrected chi connectivity index (χ1v) is 5.71. The van der Waals surface area contributed by atoms with E-state index in [4.69, 9.17) is 16.3 Å². The van der Waals surface area contributed by atoms with E-state index in [1.807, 2.05) is 6.07 Å². The van der Waals surface area contributed by atoms with E-state index < -0.39 is 0 Å². The summed E-state index contributed by atoms with van der Waals surface area (Å²) in [5.41, 5.74) is 0.959. The van der Waals surface area contributed by atoms with Crippen LogP contribution in [0.3, 0.4) is 0 Å². The molecule has 1 unspecified atom stereocenters. The highest BCUT2D eigenvalue weighted by Crippen LogP contribution is 2.27. The maximum absolute atomic E-state index is 5.77. The Bertz CT molecular complexity index is 329. The number of hydrogen-bond donors (Lipinski definition) is 0. The smallest absolute Gasteiger partial charge is 0.165 e. The first-order chi connectivity index (χ1) is 6.77. The molecular formula is C9H10BrClN2O. The molecule has 0 aliphatic carbocycles. The molecule has 0 spiro atoms. The molecule has 1 aliphatic rings. The highest BCUT2D eigenvalue weighted by atomic mass is 79.9. The Kier molecular flexibility index (Phi) is 3.36. The SMILES string of the molecule is Clc1nnc(C2CCCOC2)cc1Br. The van der Waals surface area contributed by atoms with Crippen LogP contribution in [0.5, 0.6) is 0 Å². The lowest BCUT2D eigenvalue weighted by Gasteiger charge is -2.21. The molecule has 2 heterocycles. The second-order valence-corrected chi connectivity index (χ2v) is 4.53. The van der Waals surface area contributed by atoms with Gasteiger partial charge >= 0.3 is 0 Å². The van der Waals surface area contributed by atoms with Crippen LogP contribution in [-0.2, 0) is 4.74 Å². The van der Waals surface area contributed by atoms with Crippen LogP contribution in [0.4, 0.5) is 0 Å². The van der Waals surface area contributed by atoms with E-state index in [2.05, 4.69) is 26.1 Å². The minimum absolute atomic E-state index is 0.366. The number of aromatic nitrogens is 2. The molecule has 0 bridgehead atoms. The number of nitrogens with zero attached hydrogens (tertiary/aromatic N) is 2. The van der Waals surface area contributed by atoms with Crippen molar-refractivity contribution in [2.45, 2.75) is 18.8 Å². The fourth-order valence-corrected chi connectivity index (χ4v) is 1.95. The molecule has 14 heavy (non-hydrogen) atoms. The Balaban J connectivity index is 2.18. The fourth-order valence-electron chi connectivity index (χ4n) is 1.54. The molecular weight excluding hydrogens is 267 g/mol. The van der Waals surface area contributed by atoms with Crippen molar-refractivity contribution in [3.63, 3.8) is 0 Å². The molecule has 1 fully saturated rings. The quantitative estimate of drug-likeness (QED) is 0.792. The van der Waals surface area contributed by atoms with E-state index in [0.29, 0.717) is 11.1 Å². The lowest BCUT2D eigenvalue weighted by atomic mass is 9.98. The molecule has 5 heteroatoms. The van der Waals surface area contributed by atoms with Crippen LogP contribution < -0.4 is 0 Å². The molecule has 1 saturated heterocycles. The highest BCUT2D eigenvalue weighted by molar-refractivity contribution is 9.10. The summed E-state index contributed by atoms with van der Waals surface area (Å²) in [4.78, 5) is 0. The van der Waals surface area contributed by atoms with Gasteiger partial charge in [0.2, 0.25) is 0 Å². The molecule has 0 aromatic carbocycles. The summed E-state index contributed by atoms with van der Waals surface area (Å²) >= 11 is 9.11. The maximum atomic E-state index is 5.77. The van der Waals surface area contributed by atoms with Gasteiger partial charge in [0.25, 0.3) is 0 Å². The molecule has 0 radical (unpaired) electrons. The second kappa shape index (κ2) is 4.55. The fraction of sp³-hybridized carbons (Fsp3) is 0.556. The van der Waals surface area contributed by atoms with Gasteiger partial charge in [-0.05, 0) is 34.8 Å². The molecule has 0 N–H and O–H groups in total. The molecule has 76 valence electrons. The van der Waals surface area contributed by atoms with Crippen molar-refractivity contribution in [1.82, 2.24) is 10.2 Å². The van der Waals surface area contributed by atoms with E-state index in [1.165, 1.54) is 0 Å². The third-order valence-electron chi connectivity index (χ3n) is 2.30. The molecule has 1 aromatic rings. The molecule has 2 rings (SSSR count). The summed E-state index contributed by atoms with van der Waals surface area (Å²) in [6, 6.07) is 1.93. The monoisotopic (exact) mass is 276 g/mol. The second-order valence-electron chi connectivity index (χ2n) is 3.32. The van der Waals surface area contributed by atoms with Crippen molar-refractivity contribution in [2.24, 2.45) is 0 Å². The van der Waals surface area contributed by atoms with E-state index in [9.17, 15) is 0 Å². The summed E-state index contributed by atoms with van der Waals surface area (Å²) < 4.78 is 6.19. The Morgan fingerprint density at radius 1 is 1.50 bits per heavy atom. The minimum atomic E-state index is 0.366. The largest absolute Gasteiger partial charge is 0.381 e. The topological polar surface area (TPSA) is 35.0 Å². The van der Waals surface area contributed by atoms with Crippen LogP contribution in [-0.4, -0.2) is 23.4 Å². The lowest BCUT2D eigenvalue weighted by Crippen LogP contribution is -2.17. The van der Waals surface area contributed by atoms with Crippen LogP contribution in [0.2, 0.25) is 5.15 Å². The third-order valence-corrected chi connectivity index (χ3v) is 3.42. The normalized spacial score (nSPS) is 22.3. The van der Waals surface area contributed by atoms with Crippen molar-refractivity contribution in [3.05, 3.63) is 21.4 Å². The van der Waals surface area contributed by atoms with Crippen LogP contribution >= 0.6 is 27.5 Å². The Hall–Kier alpha value is -0.190. The first kappa shape index (κ1) is 10.3. The van der Waals surface area contributed by atoms with Gasteiger partial charge in [-0.2, -0.15) is 5.10 Å². The van der Waals surface area contributed by atoms with E-state index in [0.717, 1.165) is 36.2 Å². The molecule has 1 atom stereocenters. The molecule has 0 amide bonds. The van der Waals surface area contributed by atoms with Crippen LogP contribution in [0, 0.1) is 0 Å². The summed E-state index contributed by atoms with van der Waals surface area (Å²) in [5, 5.41) is 8.35. The first-order valence-electron chi connectivity index (χ1n) is 4.54. The predicted molar refractivity (Wildman–Crippen MR) is 57.5 cm³/mol. The number of rotatable bonds is 1. The maximum Gasteiger partial charge on any atom is 0.165 e. The van der Waals surface area contributed by atoms with Gasteiger partial charge in [-0.3, -0.25) is 0 Å². The van der Waals surface area contributed by atoms with Gasteiger partial charge in [0.15, 0.2) is 5.15 Å². The number of hydrogen-bond acceptors (Lipinski definition) is 3. The van der Waals surface area contributed by atoms with Crippen molar-refractivity contribution < 1.29 is 4.74 Å². The van der Waals surface area contributed by atoms with Gasteiger partial charge in [-0.1, -0.05) is 11.6 Å². The zero-order chi connectivity index (χ0) is 9.97. The average molecular weight is 278 g/mol. The van der Waals surface area contributed by atoms with E-state index >= 15 is 0 Å². The van der Waals surface area contributed by atoms with Crippen LogP contribution in [0.15, 0.2) is 10.5 Å². The Morgan fingerprint density at radius 2 is 2.36 bits per heavy atom. The van der Waals surface area contributed by atoms with Crippen molar-refractivity contribution in [3.8, 4) is 0 Å². The zero-order valence-electron chi connectivity index (χ0n) is 7.54. The average Bonchev–Trinajstić information content (AvgIpc) is 2.23. The molecule has 3 nitrogen and oxygen atoms in total. The van der Waals surface area contributed by atoms with Gasteiger partial charge in [0.1, 0.15) is 0 Å². The summed E-state index contributed by atoms with van der Waals surface area (Å²) in [5.74, 6) is 0.366. The Labute approximate surface area is 95.9 Å². The predicted octanol–water partition coefficient (Wildman–Crippen LogP) is 2.79. The third kappa shape index (κ3) is 2.24. The van der Waals surface area contributed by atoms with Gasteiger partial charge in [0.05, 0.1) is 16.8 Å². The zero-order valence-corrected chi connectivity index (χ0v) is 9.88. The number of halogens is 2. The molecule has 0 saturated carbocycles. The van der Waals surface area contributed by atoms with E-state index in [1.54, 1.807) is 0 Å². The van der Waals surface area contributed by atoms with Gasteiger partial charge in [0, 0.05) is 12.5 Å². The van der Waals surface area contributed by atoms with Crippen LogP contribution in [0.25, 0.3) is 0 Å². The minimum Gasteiger partial charge on any atom is -0.381 e. The Morgan fingerprint density at radius 3 is 3.00 bits per heavy atom. The van der Waals surface area contributed by atoms with Crippen molar-refractivity contribution >= 4 is 27.5 Å².